The minimum Gasteiger partial charge on any atom is -0.459 e. The standard InChI is InChI=1S/C24H34N2O5S/c1-24(2)21(22(29)31-15-17-10-6-4-7-11-17)26-19(28)14-20(26)32(24,16-27)23(30)25(3)18-12-8-5-9-13-18/h4,6-7,10-11,18,20-21,27H,5,8-9,12-16H2,1-3H3/t20-,21+/m1/s1. The number of amides is 2. The van der Waals surface area contributed by atoms with Gasteiger partial charge in [0.05, 0.1) is 17.7 Å². The van der Waals surface area contributed by atoms with Crippen LogP contribution in [0.4, 0.5) is 4.79 Å². The van der Waals surface area contributed by atoms with E-state index >= 15 is 0 Å². The molecule has 0 spiro atoms. The number of aliphatic hydroxyl groups is 1. The number of ether oxygens (including phenoxy) is 1. The summed E-state index contributed by atoms with van der Waals surface area (Å²) in [6.07, 6.45) is 5.48. The molecule has 7 nitrogen and oxygen atoms in total. The first-order valence-corrected chi connectivity index (χ1v) is 13.3. The molecule has 3 fully saturated rings. The smallest absolute Gasteiger partial charge is 0.330 e. The number of aliphatic hydroxyl groups excluding tert-OH is 1. The molecule has 1 aliphatic carbocycles. The maximum Gasteiger partial charge on any atom is 0.330 e. The monoisotopic (exact) mass is 462 g/mol. The minimum absolute atomic E-state index is 0.0854. The first-order valence-electron chi connectivity index (χ1n) is 11.4. The molecule has 3 aliphatic rings. The summed E-state index contributed by atoms with van der Waals surface area (Å²) in [5, 5.41) is 10.2. The van der Waals surface area contributed by atoms with Gasteiger partial charge in [0.15, 0.2) is 0 Å². The summed E-state index contributed by atoms with van der Waals surface area (Å²) in [7, 11) is -0.585. The van der Waals surface area contributed by atoms with Gasteiger partial charge in [-0.3, -0.25) is 9.59 Å². The summed E-state index contributed by atoms with van der Waals surface area (Å²) in [6.45, 7) is 3.81. The highest BCUT2D eigenvalue weighted by Gasteiger charge is 2.72. The van der Waals surface area contributed by atoms with Gasteiger partial charge in [0.2, 0.25) is 5.91 Å². The van der Waals surface area contributed by atoms with Crippen molar-refractivity contribution >= 4 is 27.1 Å². The van der Waals surface area contributed by atoms with E-state index in [0.717, 1.165) is 31.2 Å². The number of carbonyl (C=O) groups excluding carboxylic acids is 3. The summed E-state index contributed by atoms with van der Waals surface area (Å²) < 4.78 is 4.72. The second-order valence-electron chi connectivity index (χ2n) is 9.65. The lowest BCUT2D eigenvalue weighted by molar-refractivity contribution is -0.162. The molecule has 176 valence electrons. The number of fused-ring (bicyclic) bond motifs is 1. The van der Waals surface area contributed by atoms with Crippen LogP contribution in [0.15, 0.2) is 30.3 Å². The van der Waals surface area contributed by atoms with E-state index in [1.54, 1.807) is 0 Å². The minimum atomic E-state index is -2.41. The summed E-state index contributed by atoms with van der Waals surface area (Å²) in [4.78, 5) is 43.2. The third-order valence-electron chi connectivity index (χ3n) is 7.66. The fourth-order valence-corrected chi connectivity index (χ4v) is 9.99. The third-order valence-corrected chi connectivity index (χ3v) is 12.4. The molecule has 1 aromatic carbocycles. The van der Waals surface area contributed by atoms with Gasteiger partial charge in [0.25, 0.3) is 5.24 Å². The number of benzene rings is 1. The van der Waals surface area contributed by atoms with Gasteiger partial charge >= 0.3 is 5.97 Å². The largest absolute Gasteiger partial charge is 0.459 e. The van der Waals surface area contributed by atoms with Crippen molar-refractivity contribution < 1.29 is 24.2 Å². The molecule has 4 rings (SSSR count). The molecular weight excluding hydrogens is 428 g/mol. The summed E-state index contributed by atoms with van der Waals surface area (Å²) in [5.74, 6) is -0.985. The molecule has 2 aliphatic heterocycles. The van der Waals surface area contributed by atoms with E-state index in [2.05, 4.69) is 0 Å². The molecule has 0 aromatic heterocycles. The molecule has 0 radical (unpaired) electrons. The van der Waals surface area contributed by atoms with Crippen LogP contribution in [0.1, 0.15) is 57.9 Å². The van der Waals surface area contributed by atoms with Crippen LogP contribution in [-0.4, -0.2) is 67.2 Å². The summed E-state index contributed by atoms with van der Waals surface area (Å²) in [6, 6.07) is 8.66. The van der Waals surface area contributed by atoms with Crippen LogP contribution in [0, 0.1) is 0 Å². The van der Waals surface area contributed by atoms with Crippen molar-refractivity contribution in [3.8, 4) is 0 Å². The zero-order chi connectivity index (χ0) is 23.1. The number of esters is 1. The highest BCUT2D eigenvalue weighted by Crippen LogP contribution is 2.74. The van der Waals surface area contributed by atoms with Gasteiger partial charge in [-0.15, -0.1) is 10.0 Å². The molecule has 2 heterocycles. The predicted molar refractivity (Wildman–Crippen MR) is 124 cm³/mol. The van der Waals surface area contributed by atoms with Crippen LogP contribution < -0.4 is 0 Å². The Balaban J connectivity index is 1.61. The van der Waals surface area contributed by atoms with Crippen LogP contribution in [0.3, 0.4) is 0 Å². The number of hydrogen-bond acceptors (Lipinski definition) is 5. The van der Waals surface area contributed by atoms with Crippen molar-refractivity contribution in [2.24, 2.45) is 0 Å². The van der Waals surface area contributed by atoms with E-state index in [1.165, 1.54) is 11.3 Å². The molecule has 1 aromatic rings. The lowest BCUT2D eigenvalue weighted by Gasteiger charge is -2.51. The van der Waals surface area contributed by atoms with Gasteiger partial charge in [0, 0.05) is 17.8 Å². The van der Waals surface area contributed by atoms with Gasteiger partial charge in [0.1, 0.15) is 12.6 Å². The Hall–Kier alpha value is -2.06. The summed E-state index contributed by atoms with van der Waals surface area (Å²) in [5.41, 5.74) is 0.858. The van der Waals surface area contributed by atoms with E-state index in [9.17, 15) is 19.5 Å². The van der Waals surface area contributed by atoms with Gasteiger partial charge < -0.3 is 19.6 Å². The van der Waals surface area contributed by atoms with Gasteiger partial charge in [-0.1, -0.05) is 49.6 Å². The van der Waals surface area contributed by atoms with Crippen LogP contribution in [0.5, 0.6) is 0 Å². The Morgan fingerprint density at radius 1 is 1.19 bits per heavy atom. The summed E-state index contributed by atoms with van der Waals surface area (Å²) >= 11 is 0. The average molecular weight is 463 g/mol. The molecule has 32 heavy (non-hydrogen) atoms. The predicted octanol–water partition coefficient (Wildman–Crippen LogP) is 3.59. The van der Waals surface area contributed by atoms with E-state index in [-0.39, 0.29) is 36.2 Å². The zero-order valence-corrected chi connectivity index (χ0v) is 20.0. The van der Waals surface area contributed by atoms with Crippen LogP contribution >= 0.6 is 10.0 Å². The van der Waals surface area contributed by atoms with Crippen molar-refractivity contribution in [3.05, 3.63) is 35.9 Å². The van der Waals surface area contributed by atoms with E-state index < -0.39 is 32.2 Å². The van der Waals surface area contributed by atoms with Gasteiger partial charge in [-0.05, 0) is 32.3 Å². The third kappa shape index (κ3) is 3.43. The molecule has 0 bridgehead atoms. The zero-order valence-electron chi connectivity index (χ0n) is 19.2. The van der Waals surface area contributed by atoms with Crippen molar-refractivity contribution in [2.75, 3.05) is 13.0 Å². The van der Waals surface area contributed by atoms with Crippen molar-refractivity contribution in [1.82, 2.24) is 9.80 Å². The molecule has 2 saturated heterocycles. The maximum absolute atomic E-state index is 14.0. The Kier molecular flexibility index (Phi) is 6.29. The second-order valence-corrected chi connectivity index (χ2v) is 13.4. The first kappa shape index (κ1) is 23.1. The van der Waals surface area contributed by atoms with Gasteiger partial charge in [-0.2, -0.15) is 0 Å². The maximum atomic E-state index is 14.0. The second kappa shape index (κ2) is 8.71. The van der Waals surface area contributed by atoms with Crippen LogP contribution in [-0.2, 0) is 20.9 Å². The fourth-order valence-electron chi connectivity index (χ4n) is 5.66. The SMILES string of the molecule is CN(C(=O)[S@]1(CO)[C@@H]2CC(=O)N2[C@@H](C(=O)OCc2ccccc2)C1(C)C)C1CCCCC1. The highest BCUT2D eigenvalue weighted by molar-refractivity contribution is 8.46. The van der Waals surface area contributed by atoms with Crippen LogP contribution in [0.25, 0.3) is 0 Å². The molecule has 8 heteroatoms. The van der Waals surface area contributed by atoms with Crippen molar-refractivity contribution in [3.63, 3.8) is 0 Å². The van der Waals surface area contributed by atoms with Crippen molar-refractivity contribution in [1.29, 1.82) is 0 Å². The molecule has 3 atom stereocenters. The topological polar surface area (TPSA) is 87.2 Å². The Labute approximate surface area is 191 Å². The normalized spacial score (nSPS) is 29.2. The number of β-lactam (4-membered cyclic amide) rings is 1. The quantitative estimate of drug-likeness (QED) is 0.534. The molecular formula is C24H34N2O5S. The van der Waals surface area contributed by atoms with Gasteiger partial charge in [-0.25, -0.2) is 4.79 Å². The average Bonchev–Trinajstić information content (AvgIpc) is 2.97. The fraction of sp³-hybridized carbons (Fsp3) is 0.625. The first-order chi connectivity index (χ1) is 15.3. The lowest BCUT2D eigenvalue weighted by atomic mass is 9.95. The molecule has 1 N–H and O–H groups in total. The highest BCUT2D eigenvalue weighted by atomic mass is 32.3. The lowest BCUT2D eigenvalue weighted by Crippen LogP contribution is -2.57. The Morgan fingerprint density at radius 2 is 1.84 bits per heavy atom. The Morgan fingerprint density at radius 3 is 2.44 bits per heavy atom. The number of carbonyl (C=O) groups is 3. The number of rotatable bonds is 5. The Bertz CT molecular complexity index is 886. The van der Waals surface area contributed by atoms with E-state index in [1.807, 2.05) is 56.1 Å². The molecule has 2 amide bonds. The van der Waals surface area contributed by atoms with Crippen LogP contribution in [0.2, 0.25) is 0 Å². The number of hydrogen-bond donors (Lipinski definition) is 1. The van der Waals surface area contributed by atoms with Crippen molar-refractivity contribution in [2.45, 2.75) is 81.2 Å². The number of nitrogens with zero attached hydrogens (tertiary/aromatic N) is 2. The molecule has 1 saturated carbocycles. The van der Waals surface area contributed by atoms with E-state index in [0.29, 0.717) is 0 Å². The molecule has 0 unspecified atom stereocenters. The van der Waals surface area contributed by atoms with E-state index in [4.69, 9.17) is 4.74 Å².